The summed E-state index contributed by atoms with van der Waals surface area (Å²) in [5, 5.41) is 7.15. The van der Waals surface area contributed by atoms with Crippen LogP contribution in [0.3, 0.4) is 0 Å². The molecule has 5 heteroatoms. The first-order valence-corrected chi connectivity index (χ1v) is 6.86. The Morgan fingerprint density at radius 1 is 1.35 bits per heavy atom. The Bertz CT molecular complexity index is 536. The van der Waals surface area contributed by atoms with Crippen LogP contribution in [0.5, 0.6) is 0 Å². The van der Waals surface area contributed by atoms with Gasteiger partial charge in [-0.3, -0.25) is 9.31 Å². The van der Waals surface area contributed by atoms with Gasteiger partial charge in [0, 0.05) is 6.42 Å². The highest BCUT2D eigenvalue weighted by atomic mass is 32.2. The number of aromatic amines is 1. The second kappa shape index (κ2) is 5.23. The van der Waals surface area contributed by atoms with E-state index in [-0.39, 0.29) is 0 Å². The van der Waals surface area contributed by atoms with Crippen molar-refractivity contribution in [2.45, 2.75) is 31.2 Å². The van der Waals surface area contributed by atoms with Gasteiger partial charge in [0.15, 0.2) is 0 Å². The first kappa shape index (κ1) is 12.0. The predicted octanol–water partition coefficient (Wildman–Crippen LogP) is 1.98. The lowest BCUT2D eigenvalue weighted by Gasteiger charge is -2.02. The maximum absolute atomic E-state index is 12.1. The third-order valence-electron chi connectivity index (χ3n) is 2.60. The summed E-state index contributed by atoms with van der Waals surface area (Å²) in [7, 11) is -1.18. The van der Waals surface area contributed by atoms with E-state index < -0.39 is 10.8 Å². The zero-order valence-electron chi connectivity index (χ0n) is 9.93. The molecule has 1 aromatic carbocycles. The molecule has 0 radical (unpaired) electrons. The maximum Gasteiger partial charge on any atom is 0.239 e. The van der Waals surface area contributed by atoms with Crippen LogP contribution in [0.1, 0.15) is 23.9 Å². The Balaban J connectivity index is 2.14. The number of hydrogen-bond acceptors (Lipinski definition) is 3. The van der Waals surface area contributed by atoms with Gasteiger partial charge in [-0.1, -0.05) is 31.2 Å². The highest BCUT2D eigenvalue weighted by Crippen LogP contribution is 2.12. The third kappa shape index (κ3) is 2.79. The molecule has 0 aliphatic carbocycles. The van der Waals surface area contributed by atoms with Crippen molar-refractivity contribution in [2.75, 3.05) is 0 Å². The van der Waals surface area contributed by atoms with Gasteiger partial charge in [-0.05, 0) is 18.1 Å². The van der Waals surface area contributed by atoms with Gasteiger partial charge in [0.05, 0.1) is 16.6 Å². The number of nitrogens with zero attached hydrogens (tertiary/aromatic N) is 2. The van der Waals surface area contributed by atoms with Gasteiger partial charge in [0.25, 0.3) is 0 Å². The molecule has 0 fully saturated rings. The van der Waals surface area contributed by atoms with Crippen molar-refractivity contribution < 1.29 is 4.21 Å². The molecule has 2 rings (SSSR count). The summed E-state index contributed by atoms with van der Waals surface area (Å²) >= 11 is 0. The van der Waals surface area contributed by atoms with Crippen LogP contribution in [-0.2, 0) is 23.0 Å². The van der Waals surface area contributed by atoms with Crippen LogP contribution in [0.4, 0.5) is 0 Å². The SMILES string of the molecule is CCc1nc([S@@](=O)Cc2ccccc2C)n[nH]1. The van der Waals surface area contributed by atoms with Crippen molar-refractivity contribution in [1.29, 1.82) is 0 Å². The minimum atomic E-state index is -1.18. The Morgan fingerprint density at radius 2 is 2.12 bits per heavy atom. The van der Waals surface area contributed by atoms with Gasteiger partial charge in [-0.15, -0.1) is 5.10 Å². The van der Waals surface area contributed by atoms with Gasteiger partial charge in [0.1, 0.15) is 5.82 Å². The first-order chi connectivity index (χ1) is 8.20. The van der Waals surface area contributed by atoms with Gasteiger partial charge in [-0.2, -0.15) is 0 Å². The van der Waals surface area contributed by atoms with Crippen molar-refractivity contribution in [3.05, 3.63) is 41.2 Å². The zero-order chi connectivity index (χ0) is 12.3. The Morgan fingerprint density at radius 3 is 2.76 bits per heavy atom. The summed E-state index contributed by atoms with van der Waals surface area (Å²) in [6.07, 6.45) is 0.772. The van der Waals surface area contributed by atoms with Gasteiger partial charge < -0.3 is 0 Å². The molecule has 1 N–H and O–H groups in total. The second-order valence-electron chi connectivity index (χ2n) is 3.83. The smallest absolute Gasteiger partial charge is 0.239 e. The number of benzene rings is 1. The number of aromatic nitrogens is 3. The Hall–Kier alpha value is -1.49. The molecule has 0 amide bonds. The minimum Gasteiger partial charge on any atom is -0.262 e. The summed E-state index contributed by atoms with van der Waals surface area (Å²) in [4.78, 5) is 4.19. The summed E-state index contributed by atoms with van der Waals surface area (Å²) < 4.78 is 12.1. The largest absolute Gasteiger partial charge is 0.262 e. The zero-order valence-corrected chi connectivity index (χ0v) is 10.8. The fourth-order valence-electron chi connectivity index (χ4n) is 1.52. The van der Waals surface area contributed by atoms with Crippen molar-refractivity contribution in [3.63, 3.8) is 0 Å². The Labute approximate surface area is 103 Å². The molecule has 1 aromatic heterocycles. The lowest BCUT2D eigenvalue weighted by molar-refractivity contribution is 0.675. The van der Waals surface area contributed by atoms with Crippen LogP contribution in [0.25, 0.3) is 0 Å². The van der Waals surface area contributed by atoms with Gasteiger partial charge >= 0.3 is 0 Å². The highest BCUT2D eigenvalue weighted by Gasteiger charge is 2.11. The first-order valence-electron chi connectivity index (χ1n) is 5.55. The van der Waals surface area contributed by atoms with E-state index in [1.807, 2.05) is 38.1 Å². The second-order valence-corrected chi connectivity index (χ2v) is 5.18. The van der Waals surface area contributed by atoms with Crippen molar-refractivity contribution in [2.24, 2.45) is 0 Å². The number of hydrogen-bond donors (Lipinski definition) is 1. The fourth-order valence-corrected chi connectivity index (χ4v) is 2.61. The molecule has 1 atom stereocenters. The predicted molar refractivity (Wildman–Crippen MR) is 67.1 cm³/mol. The topological polar surface area (TPSA) is 58.6 Å². The van der Waals surface area contributed by atoms with E-state index in [1.165, 1.54) is 0 Å². The quantitative estimate of drug-likeness (QED) is 0.901. The monoisotopic (exact) mass is 249 g/mol. The molecular weight excluding hydrogens is 234 g/mol. The summed E-state index contributed by atoms with van der Waals surface area (Å²) in [6.45, 7) is 4.00. The molecule has 0 unspecified atom stereocenters. The third-order valence-corrected chi connectivity index (χ3v) is 3.76. The number of nitrogens with one attached hydrogen (secondary N) is 1. The molecule has 0 saturated heterocycles. The van der Waals surface area contributed by atoms with Crippen LogP contribution in [0.15, 0.2) is 29.4 Å². The van der Waals surface area contributed by atoms with E-state index >= 15 is 0 Å². The molecule has 4 nitrogen and oxygen atoms in total. The summed E-state index contributed by atoms with van der Waals surface area (Å²) in [6, 6.07) is 7.93. The summed E-state index contributed by atoms with van der Waals surface area (Å²) in [5.41, 5.74) is 2.22. The maximum atomic E-state index is 12.1. The fraction of sp³-hybridized carbons (Fsp3) is 0.333. The molecule has 0 bridgehead atoms. The summed E-state index contributed by atoms with van der Waals surface area (Å²) in [5.74, 6) is 1.24. The highest BCUT2D eigenvalue weighted by molar-refractivity contribution is 7.84. The van der Waals surface area contributed by atoms with E-state index in [2.05, 4.69) is 15.2 Å². The average Bonchev–Trinajstić information content (AvgIpc) is 2.81. The van der Waals surface area contributed by atoms with Crippen molar-refractivity contribution >= 4 is 10.8 Å². The molecule has 0 saturated carbocycles. The van der Waals surface area contributed by atoms with E-state index in [1.54, 1.807) is 0 Å². The lowest BCUT2D eigenvalue weighted by atomic mass is 10.1. The van der Waals surface area contributed by atoms with E-state index in [0.29, 0.717) is 10.9 Å². The van der Waals surface area contributed by atoms with Crippen LogP contribution in [0, 0.1) is 6.92 Å². The molecule has 0 spiro atoms. The van der Waals surface area contributed by atoms with E-state index in [9.17, 15) is 4.21 Å². The molecule has 1 heterocycles. The van der Waals surface area contributed by atoms with Gasteiger partial charge in [-0.25, -0.2) is 4.98 Å². The average molecular weight is 249 g/mol. The number of aryl methyl sites for hydroxylation is 2. The minimum absolute atomic E-state index is 0.394. The molecular formula is C12H15N3OS. The van der Waals surface area contributed by atoms with E-state index in [4.69, 9.17) is 0 Å². The van der Waals surface area contributed by atoms with Crippen LogP contribution >= 0.6 is 0 Å². The van der Waals surface area contributed by atoms with Crippen molar-refractivity contribution in [1.82, 2.24) is 15.2 Å². The molecule has 0 aliphatic heterocycles. The molecule has 90 valence electrons. The normalized spacial score (nSPS) is 12.6. The van der Waals surface area contributed by atoms with Crippen LogP contribution in [0.2, 0.25) is 0 Å². The lowest BCUT2D eigenvalue weighted by Crippen LogP contribution is -2.00. The van der Waals surface area contributed by atoms with Crippen LogP contribution in [-0.4, -0.2) is 19.4 Å². The number of H-pyrrole nitrogens is 1. The van der Waals surface area contributed by atoms with Crippen LogP contribution < -0.4 is 0 Å². The molecule has 2 aromatic rings. The van der Waals surface area contributed by atoms with E-state index in [0.717, 1.165) is 23.4 Å². The standard InChI is InChI=1S/C12H15N3OS/c1-3-11-13-12(15-14-11)17(16)8-10-7-5-4-6-9(10)2/h4-7H,3,8H2,1-2H3,(H,13,14,15)/t17-/m0/s1. The number of rotatable bonds is 4. The molecule has 0 aliphatic rings. The molecule has 17 heavy (non-hydrogen) atoms. The Kier molecular flexibility index (Phi) is 3.68. The van der Waals surface area contributed by atoms with Gasteiger partial charge in [0.2, 0.25) is 5.16 Å². The van der Waals surface area contributed by atoms with Crippen molar-refractivity contribution in [3.8, 4) is 0 Å².